The topological polar surface area (TPSA) is 93.5 Å². The molecule has 0 aliphatic heterocycles. The number of hydrogen-bond acceptors (Lipinski definition) is 7. The highest BCUT2D eigenvalue weighted by molar-refractivity contribution is 5.95. The van der Waals surface area contributed by atoms with Crippen molar-refractivity contribution in [3.05, 3.63) is 78.7 Å². The van der Waals surface area contributed by atoms with Crippen LogP contribution in [0.25, 0.3) is 22.2 Å². The first kappa shape index (κ1) is 25.0. The number of carbonyl (C=O) groups is 1. The van der Waals surface area contributed by atoms with Crippen LogP contribution < -0.4 is 10.6 Å². The summed E-state index contributed by atoms with van der Waals surface area (Å²) in [5, 5.41) is 7.36. The Morgan fingerprint density at radius 2 is 2.11 bits per heavy atom. The lowest BCUT2D eigenvalue weighted by Crippen LogP contribution is -2.39. The van der Waals surface area contributed by atoms with E-state index in [0.29, 0.717) is 30.5 Å². The number of likely N-dealkylation sites (N-methyl/N-ethyl adjacent to an activating group) is 1. The zero-order valence-electron chi connectivity index (χ0n) is 21.1. The van der Waals surface area contributed by atoms with Gasteiger partial charge in [0.05, 0.1) is 24.5 Å². The Labute approximate surface area is 211 Å². The number of nitrogens with zero attached hydrogens (tertiary/aromatic N) is 4. The Kier molecular flexibility index (Phi) is 7.70. The van der Waals surface area contributed by atoms with Crippen LogP contribution in [0.15, 0.2) is 78.7 Å². The van der Waals surface area contributed by atoms with Gasteiger partial charge in [-0.3, -0.25) is 4.79 Å². The van der Waals surface area contributed by atoms with E-state index in [9.17, 15) is 4.79 Å². The fourth-order valence-corrected chi connectivity index (χ4v) is 4.11. The van der Waals surface area contributed by atoms with E-state index in [1.165, 1.54) is 6.08 Å². The maximum absolute atomic E-state index is 12.1. The van der Waals surface area contributed by atoms with Crippen LogP contribution >= 0.6 is 0 Å². The third-order valence-electron chi connectivity index (χ3n) is 5.94. The second-order valence-corrected chi connectivity index (χ2v) is 8.78. The lowest BCUT2D eigenvalue weighted by molar-refractivity contribution is -0.117. The molecular formula is C27H32N6O3. The highest BCUT2D eigenvalue weighted by Gasteiger charge is 2.27. The standard InChI is InChI=1S/C27H32N6O3/c1-6-26(34)29-22-15-21(24(35-5)16-25(22)36-14-13-32(2)3)31-27-28-12-11-20(30-27)19-17-33(4)23-10-8-7-9-18(19)23/h6-12,16-17,22H,1,13-15H2,2-5H3,(H,29,34)(H,28,30,31). The highest BCUT2D eigenvalue weighted by atomic mass is 16.5. The second kappa shape index (κ2) is 11.1. The van der Waals surface area contributed by atoms with Crippen LogP contribution in [-0.4, -0.2) is 65.7 Å². The zero-order chi connectivity index (χ0) is 25.7. The smallest absolute Gasteiger partial charge is 0.243 e. The van der Waals surface area contributed by atoms with Gasteiger partial charge in [-0.25, -0.2) is 9.97 Å². The number of allylic oxidation sites excluding steroid dienone is 1. The fraction of sp³-hybridized carbons (Fsp3) is 0.296. The van der Waals surface area contributed by atoms with Crippen LogP contribution in [0.5, 0.6) is 0 Å². The molecule has 2 heterocycles. The molecule has 0 bridgehead atoms. The van der Waals surface area contributed by atoms with Gasteiger partial charge >= 0.3 is 0 Å². The zero-order valence-corrected chi connectivity index (χ0v) is 21.1. The van der Waals surface area contributed by atoms with Crippen molar-refractivity contribution >= 4 is 22.8 Å². The molecule has 1 unspecified atom stereocenters. The summed E-state index contributed by atoms with van der Waals surface area (Å²) in [5.41, 5.74) is 3.70. The summed E-state index contributed by atoms with van der Waals surface area (Å²) in [5.74, 6) is 1.37. The van der Waals surface area contributed by atoms with Gasteiger partial charge in [0.1, 0.15) is 18.1 Å². The predicted molar refractivity (Wildman–Crippen MR) is 141 cm³/mol. The van der Waals surface area contributed by atoms with Crippen LogP contribution in [-0.2, 0) is 21.3 Å². The molecule has 0 saturated heterocycles. The van der Waals surface area contributed by atoms with Gasteiger partial charge in [-0.15, -0.1) is 0 Å². The van der Waals surface area contributed by atoms with Crippen molar-refractivity contribution in [3.8, 4) is 11.3 Å². The third kappa shape index (κ3) is 5.58. The lowest BCUT2D eigenvalue weighted by atomic mass is 10.0. The van der Waals surface area contributed by atoms with Crippen LogP contribution in [0.1, 0.15) is 6.42 Å². The Hall–Kier alpha value is -4.11. The van der Waals surface area contributed by atoms with Gasteiger partial charge in [-0.2, -0.15) is 0 Å². The lowest BCUT2D eigenvalue weighted by Gasteiger charge is -2.28. The molecule has 3 aromatic rings. The van der Waals surface area contributed by atoms with Crippen LogP contribution in [0.3, 0.4) is 0 Å². The number of hydrogen-bond donors (Lipinski definition) is 2. The molecule has 4 rings (SSSR count). The number of ether oxygens (including phenoxy) is 2. The average molecular weight is 489 g/mol. The molecule has 9 nitrogen and oxygen atoms in total. The number of benzene rings is 1. The maximum atomic E-state index is 12.1. The van der Waals surface area contributed by atoms with E-state index in [1.807, 2.05) is 44.2 Å². The molecule has 1 aromatic carbocycles. The number of carbonyl (C=O) groups excluding carboxylic acids is 1. The summed E-state index contributed by atoms with van der Waals surface area (Å²) in [6.07, 6.45) is 7.25. The molecule has 0 saturated carbocycles. The monoisotopic (exact) mass is 488 g/mol. The second-order valence-electron chi connectivity index (χ2n) is 8.78. The Morgan fingerprint density at radius 3 is 2.86 bits per heavy atom. The van der Waals surface area contributed by atoms with E-state index < -0.39 is 0 Å². The third-order valence-corrected chi connectivity index (χ3v) is 5.94. The number of aromatic nitrogens is 3. The molecule has 9 heteroatoms. The first-order valence-electron chi connectivity index (χ1n) is 11.7. The van der Waals surface area contributed by atoms with Crippen LogP contribution in [0, 0.1) is 0 Å². The summed E-state index contributed by atoms with van der Waals surface area (Å²) in [4.78, 5) is 23.3. The highest BCUT2D eigenvalue weighted by Crippen LogP contribution is 2.30. The van der Waals surface area contributed by atoms with Crippen molar-refractivity contribution in [2.45, 2.75) is 12.5 Å². The summed E-state index contributed by atoms with van der Waals surface area (Å²) in [6, 6.07) is 9.71. The predicted octanol–water partition coefficient (Wildman–Crippen LogP) is 3.44. The fourth-order valence-electron chi connectivity index (χ4n) is 4.11. The number of methoxy groups -OCH3 is 1. The van der Waals surface area contributed by atoms with Crippen molar-refractivity contribution in [1.29, 1.82) is 0 Å². The number of aryl methyl sites for hydroxylation is 1. The van der Waals surface area contributed by atoms with E-state index in [1.54, 1.807) is 19.4 Å². The molecule has 1 amide bonds. The molecule has 2 N–H and O–H groups in total. The van der Waals surface area contributed by atoms with Crippen molar-refractivity contribution < 1.29 is 14.3 Å². The van der Waals surface area contributed by atoms with Gasteiger partial charge in [0.25, 0.3) is 0 Å². The van der Waals surface area contributed by atoms with Gasteiger partial charge < -0.3 is 29.6 Å². The summed E-state index contributed by atoms with van der Waals surface area (Å²) < 4.78 is 13.7. The van der Waals surface area contributed by atoms with Crippen LogP contribution in [0.4, 0.5) is 5.95 Å². The van der Waals surface area contributed by atoms with Crippen molar-refractivity contribution in [3.63, 3.8) is 0 Å². The van der Waals surface area contributed by atoms with Crippen LogP contribution in [0.2, 0.25) is 0 Å². The minimum atomic E-state index is -0.389. The van der Waals surface area contributed by atoms with Gasteiger partial charge in [0, 0.05) is 54.9 Å². The van der Waals surface area contributed by atoms with Gasteiger partial charge in [0.2, 0.25) is 11.9 Å². The molecule has 1 atom stereocenters. The van der Waals surface area contributed by atoms with Crippen molar-refractivity contribution in [2.24, 2.45) is 7.05 Å². The Morgan fingerprint density at radius 1 is 1.31 bits per heavy atom. The van der Waals surface area contributed by atoms with Gasteiger partial charge in [0.15, 0.2) is 0 Å². The summed E-state index contributed by atoms with van der Waals surface area (Å²) in [7, 11) is 7.57. The molecular weight excluding hydrogens is 456 g/mol. The van der Waals surface area contributed by atoms with Crippen molar-refractivity contribution in [1.82, 2.24) is 24.8 Å². The molecule has 1 aliphatic rings. The van der Waals surface area contributed by atoms with Gasteiger partial charge in [-0.1, -0.05) is 24.8 Å². The minimum absolute atomic E-state index is 0.281. The summed E-state index contributed by atoms with van der Waals surface area (Å²) in [6.45, 7) is 4.79. The molecule has 36 heavy (non-hydrogen) atoms. The number of rotatable bonds is 10. The van der Waals surface area contributed by atoms with E-state index in [4.69, 9.17) is 14.5 Å². The minimum Gasteiger partial charge on any atom is -0.495 e. The van der Waals surface area contributed by atoms with Gasteiger partial charge in [-0.05, 0) is 32.3 Å². The van der Waals surface area contributed by atoms with E-state index in [-0.39, 0.29) is 11.9 Å². The molecule has 2 aromatic heterocycles. The number of fused-ring (bicyclic) bond motifs is 1. The number of amides is 1. The normalized spacial score (nSPS) is 15.6. The van der Waals surface area contributed by atoms with Crippen molar-refractivity contribution in [2.75, 3.05) is 39.7 Å². The first-order chi connectivity index (χ1) is 17.4. The Bertz CT molecular complexity index is 1320. The summed E-state index contributed by atoms with van der Waals surface area (Å²) >= 11 is 0. The number of nitrogens with one attached hydrogen (secondary N) is 2. The molecule has 1 aliphatic carbocycles. The first-order valence-corrected chi connectivity index (χ1v) is 11.7. The number of para-hydroxylation sites is 1. The van der Waals surface area contributed by atoms with E-state index >= 15 is 0 Å². The molecule has 0 spiro atoms. The quantitative estimate of drug-likeness (QED) is 0.422. The SMILES string of the molecule is C=CC(=O)NC1CC(Nc2nccc(-c3cn(C)c4ccccc34)n2)=C(OC)C=C1OCCN(C)C. The average Bonchev–Trinajstić information content (AvgIpc) is 3.21. The maximum Gasteiger partial charge on any atom is 0.243 e. The largest absolute Gasteiger partial charge is 0.495 e. The molecule has 0 radical (unpaired) electrons. The Balaban J connectivity index is 1.62. The number of anilines is 1. The molecule has 188 valence electrons. The molecule has 0 fully saturated rings. The van der Waals surface area contributed by atoms with E-state index in [2.05, 4.69) is 45.1 Å². The van der Waals surface area contributed by atoms with E-state index in [0.717, 1.165) is 34.4 Å².